The number of nitrogens with two attached hydrogens (primary N) is 1. The van der Waals surface area contributed by atoms with Crippen molar-refractivity contribution in [2.45, 2.75) is 51.7 Å². The van der Waals surface area contributed by atoms with Crippen molar-refractivity contribution in [1.82, 2.24) is 14.7 Å². The van der Waals surface area contributed by atoms with E-state index >= 15 is 0 Å². The van der Waals surface area contributed by atoms with E-state index < -0.39 is 0 Å². The third-order valence-corrected chi connectivity index (χ3v) is 4.14. The van der Waals surface area contributed by atoms with Crippen molar-refractivity contribution >= 4 is 0 Å². The van der Waals surface area contributed by atoms with E-state index in [0.717, 1.165) is 26.1 Å². The summed E-state index contributed by atoms with van der Waals surface area (Å²) in [4.78, 5) is 2.47. The van der Waals surface area contributed by atoms with Gasteiger partial charge < -0.3 is 5.73 Å². The number of aryl methyl sites for hydroxylation is 1. The number of nitrogens with zero attached hydrogens (tertiary/aromatic N) is 3. The zero-order chi connectivity index (χ0) is 13.0. The molecule has 102 valence electrons. The molecule has 18 heavy (non-hydrogen) atoms. The first-order chi connectivity index (χ1) is 8.76. The van der Waals surface area contributed by atoms with Crippen molar-refractivity contribution in [3.63, 3.8) is 0 Å². The molecule has 4 heteroatoms. The normalized spacial score (nSPS) is 24.0. The van der Waals surface area contributed by atoms with E-state index in [1.807, 2.05) is 6.20 Å². The Kier molecular flexibility index (Phi) is 4.78. The molecule has 1 fully saturated rings. The van der Waals surface area contributed by atoms with Crippen LogP contribution in [0, 0.1) is 5.92 Å². The predicted octanol–water partition coefficient (Wildman–Crippen LogP) is 1.85. The Balaban J connectivity index is 1.97. The van der Waals surface area contributed by atoms with Gasteiger partial charge in [-0.3, -0.25) is 9.58 Å². The minimum absolute atomic E-state index is 0.653. The summed E-state index contributed by atoms with van der Waals surface area (Å²) in [6.07, 6.45) is 6.95. The highest BCUT2D eigenvalue weighted by Crippen LogP contribution is 2.29. The summed E-state index contributed by atoms with van der Waals surface area (Å²) < 4.78 is 2.13. The molecule has 0 amide bonds. The molecule has 0 saturated heterocycles. The highest BCUT2D eigenvalue weighted by molar-refractivity contribution is 5.01. The van der Waals surface area contributed by atoms with Crippen LogP contribution >= 0.6 is 0 Å². The number of hydrogen-bond acceptors (Lipinski definition) is 3. The van der Waals surface area contributed by atoms with Gasteiger partial charge in [-0.1, -0.05) is 13.3 Å². The fraction of sp³-hybridized carbons (Fsp3) is 0.786. The van der Waals surface area contributed by atoms with Crippen LogP contribution in [-0.4, -0.2) is 34.3 Å². The van der Waals surface area contributed by atoms with Crippen LogP contribution in [0.25, 0.3) is 0 Å². The number of hydrogen-bond donors (Lipinski definition) is 1. The van der Waals surface area contributed by atoms with E-state index in [-0.39, 0.29) is 0 Å². The van der Waals surface area contributed by atoms with Crippen LogP contribution < -0.4 is 5.73 Å². The van der Waals surface area contributed by atoms with E-state index in [1.54, 1.807) is 0 Å². The van der Waals surface area contributed by atoms with Crippen molar-refractivity contribution in [2.24, 2.45) is 11.7 Å². The van der Waals surface area contributed by atoms with Gasteiger partial charge in [0.05, 0.1) is 5.69 Å². The van der Waals surface area contributed by atoms with E-state index in [2.05, 4.69) is 34.7 Å². The Morgan fingerprint density at radius 3 is 3.06 bits per heavy atom. The van der Waals surface area contributed by atoms with Crippen LogP contribution in [0.3, 0.4) is 0 Å². The van der Waals surface area contributed by atoms with Gasteiger partial charge in [0.2, 0.25) is 0 Å². The monoisotopic (exact) mass is 250 g/mol. The van der Waals surface area contributed by atoms with Crippen molar-refractivity contribution in [1.29, 1.82) is 0 Å². The molecule has 1 saturated carbocycles. The lowest BCUT2D eigenvalue weighted by atomic mass is 10.0. The van der Waals surface area contributed by atoms with E-state index in [4.69, 9.17) is 5.73 Å². The minimum atomic E-state index is 0.653. The van der Waals surface area contributed by atoms with Gasteiger partial charge in [0.1, 0.15) is 0 Å². The van der Waals surface area contributed by atoms with Gasteiger partial charge in [0, 0.05) is 25.3 Å². The molecule has 0 aromatic carbocycles. The molecular weight excluding hydrogens is 224 g/mol. The van der Waals surface area contributed by atoms with Crippen LogP contribution in [0.1, 0.15) is 38.3 Å². The average Bonchev–Trinajstić information content (AvgIpc) is 2.98. The molecule has 0 aliphatic heterocycles. The molecule has 0 radical (unpaired) electrons. The Hall–Kier alpha value is -0.870. The first kappa shape index (κ1) is 13.6. The molecule has 1 aromatic rings. The molecular formula is C14H26N4. The second kappa shape index (κ2) is 6.34. The standard InChI is InChI=1S/C14H26N4/c1-3-9-18-13(7-8-16-18)11-17(2)14-6-4-5-12(14)10-15/h7-8,12,14H,3-6,9-11,15H2,1-2H3. The zero-order valence-corrected chi connectivity index (χ0v) is 11.7. The lowest BCUT2D eigenvalue weighted by molar-refractivity contribution is 0.187. The first-order valence-electron chi connectivity index (χ1n) is 7.17. The Labute approximate surface area is 110 Å². The summed E-state index contributed by atoms with van der Waals surface area (Å²) in [5, 5.41) is 4.39. The molecule has 0 bridgehead atoms. The molecule has 2 N–H and O–H groups in total. The van der Waals surface area contributed by atoms with Crippen LogP contribution in [0.4, 0.5) is 0 Å². The molecule has 2 unspecified atom stereocenters. The highest BCUT2D eigenvalue weighted by Gasteiger charge is 2.29. The van der Waals surface area contributed by atoms with Crippen LogP contribution in [0.2, 0.25) is 0 Å². The Morgan fingerprint density at radius 1 is 1.50 bits per heavy atom. The fourth-order valence-electron chi connectivity index (χ4n) is 3.15. The van der Waals surface area contributed by atoms with Crippen molar-refractivity contribution in [3.8, 4) is 0 Å². The lowest BCUT2D eigenvalue weighted by Gasteiger charge is -2.29. The molecule has 1 aliphatic carbocycles. The molecule has 2 atom stereocenters. The summed E-state index contributed by atoms with van der Waals surface area (Å²) >= 11 is 0. The van der Waals surface area contributed by atoms with Gasteiger partial charge in [-0.15, -0.1) is 0 Å². The fourth-order valence-corrected chi connectivity index (χ4v) is 3.15. The molecule has 4 nitrogen and oxygen atoms in total. The smallest absolute Gasteiger partial charge is 0.0524 e. The van der Waals surface area contributed by atoms with E-state index in [1.165, 1.54) is 25.0 Å². The van der Waals surface area contributed by atoms with E-state index in [0.29, 0.717) is 12.0 Å². The van der Waals surface area contributed by atoms with E-state index in [9.17, 15) is 0 Å². The second-order valence-electron chi connectivity index (χ2n) is 5.45. The third kappa shape index (κ3) is 2.93. The van der Waals surface area contributed by atoms with Crippen molar-refractivity contribution in [3.05, 3.63) is 18.0 Å². The van der Waals surface area contributed by atoms with Crippen molar-refractivity contribution < 1.29 is 0 Å². The quantitative estimate of drug-likeness (QED) is 0.838. The largest absolute Gasteiger partial charge is 0.330 e. The third-order valence-electron chi connectivity index (χ3n) is 4.14. The maximum atomic E-state index is 5.87. The number of rotatable bonds is 6. The van der Waals surface area contributed by atoms with Gasteiger partial charge in [0.25, 0.3) is 0 Å². The topological polar surface area (TPSA) is 47.1 Å². The zero-order valence-electron chi connectivity index (χ0n) is 11.7. The maximum Gasteiger partial charge on any atom is 0.0524 e. The van der Waals surface area contributed by atoms with Gasteiger partial charge >= 0.3 is 0 Å². The minimum Gasteiger partial charge on any atom is -0.330 e. The SMILES string of the molecule is CCCn1nccc1CN(C)C1CCCC1CN. The average molecular weight is 250 g/mol. The maximum absolute atomic E-state index is 5.87. The van der Waals surface area contributed by atoms with Gasteiger partial charge in [-0.05, 0) is 44.8 Å². The molecule has 1 aromatic heterocycles. The molecule has 1 heterocycles. The van der Waals surface area contributed by atoms with Gasteiger partial charge in [0.15, 0.2) is 0 Å². The first-order valence-corrected chi connectivity index (χ1v) is 7.17. The predicted molar refractivity (Wildman–Crippen MR) is 74.2 cm³/mol. The van der Waals surface area contributed by atoms with Crippen LogP contribution in [-0.2, 0) is 13.1 Å². The summed E-state index contributed by atoms with van der Waals surface area (Å²) in [5.41, 5.74) is 7.19. The van der Waals surface area contributed by atoms with Crippen LogP contribution in [0.15, 0.2) is 12.3 Å². The van der Waals surface area contributed by atoms with Crippen LogP contribution in [0.5, 0.6) is 0 Å². The lowest BCUT2D eigenvalue weighted by Crippen LogP contribution is -2.37. The number of aromatic nitrogens is 2. The molecule has 2 rings (SSSR count). The Morgan fingerprint density at radius 2 is 2.33 bits per heavy atom. The molecule has 0 spiro atoms. The summed E-state index contributed by atoms with van der Waals surface area (Å²) in [6.45, 7) is 5.02. The summed E-state index contributed by atoms with van der Waals surface area (Å²) in [7, 11) is 2.22. The summed E-state index contributed by atoms with van der Waals surface area (Å²) in [5.74, 6) is 0.678. The van der Waals surface area contributed by atoms with Gasteiger partial charge in [-0.2, -0.15) is 5.10 Å². The van der Waals surface area contributed by atoms with Crippen molar-refractivity contribution in [2.75, 3.05) is 13.6 Å². The molecule has 1 aliphatic rings. The summed E-state index contributed by atoms with van der Waals surface area (Å²) in [6, 6.07) is 2.79. The Bertz CT molecular complexity index is 360. The second-order valence-corrected chi connectivity index (χ2v) is 5.45. The van der Waals surface area contributed by atoms with Gasteiger partial charge in [-0.25, -0.2) is 0 Å². The highest BCUT2D eigenvalue weighted by atomic mass is 15.3.